The molecule has 0 aliphatic carbocycles. The molecule has 0 aliphatic heterocycles. The fraction of sp³-hybridized carbons (Fsp3) is 0.200. The van der Waals surface area contributed by atoms with Gasteiger partial charge in [-0.25, -0.2) is 0 Å². The van der Waals surface area contributed by atoms with Crippen LogP contribution in [0.1, 0.15) is 5.56 Å². The molecule has 2 aromatic heterocycles. The van der Waals surface area contributed by atoms with Gasteiger partial charge in [0.1, 0.15) is 0 Å². The van der Waals surface area contributed by atoms with Crippen molar-refractivity contribution < 1.29 is 0 Å². The van der Waals surface area contributed by atoms with Gasteiger partial charge in [0.15, 0.2) is 11.5 Å². The standard InChI is InChI=1S/C15H16N4/c1-16-10-9-12-6-2-3-7-13(12)15-18-17-14-8-4-5-11-19(14)15/h2-8,11,16H,9-10H2,1H3. The Balaban J connectivity index is 2.11. The number of pyridine rings is 1. The lowest BCUT2D eigenvalue weighted by Gasteiger charge is -2.07. The molecule has 0 unspecified atom stereocenters. The summed E-state index contributed by atoms with van der Waals surface area (Å²) < 4.78 is 2.03. The second-order valence-corrected chi connectivity index (χ2v) is 4.46. The van der Waals surface area contributed by atoms with Crippen molar-refractivity contribution in [3.63, 3.8) is 0 Å². The van der Waals surface area contributed by atoms with Crippen molar-refractivity contribution in [2.45, 2.75) is 6.42 Å². The van der Waals surface area contributed by atoms with Crippen molar-refractivity contribution in [3.05, 3.63) is 54.2 Å². The zero-order valence-electron chi connectivity index (χ0n) is 10.9. The fourth-order valence-electron chi connectivity index (χ4n) is 2.24. The fourth-order valence-corrected chi connectivity index (χ4v) is 2.24. The second-order valence-electron chi connectivity index (χ2n) is 4.46. The van der Waals surface area contributed by atoms with Crippen LogP contribution in [0.4, 0.5) is 0 Å². The van der Waals surface area contributed by atoms with Crippen LogP contribution in [0, 0.1) is 0 Å². The van der Waals surface area contributed by atoms with Gasteiger partial charge in [-0.2, -0.15) is 0 Å². The largest absolute Gasteiger partial charge is 0.319 e. The van der Waals surface area contributed by atoms with Crippen molar-refractivity contribution in [3.8, 4) is 11.4 Å². The van der Waals surface area contributed by atoms with E-state index in [1.54, 1.807) is 0 Å². The van der Waals surface area contributed by atoms with Gasteiger partial charge < -0.3 is 5.32 Å². The Kier molecular flexibility index (Phi) is 3.25. The highest BCUT2D eigenvalue weighted by molar-refractivity contribution is 5.63. The molecule has 3 aromatic rings. The molecule has 0 aliphatic rings. The molecule has 0 bridgehead atoms. The van der Waals surface area contributed by atoms with Crippen LogP contribution in [0.2, 0.25) is 0 Å². The molecular formula is C15H16N4. The molecule has 1 N–H and O–H groups in total. The van der Waals surface area contributed by atoms with Crippen LogP contribution in [-0.4, -0.2) is 28.2 Å². The van der Waals surface area contributed by atoms with Crippen LogP contribution < -0.4 is 5.32 Å². The summed E-state index contributed by atoms with van der Waals surface area (Å²) in [5, 5.41) is 11.7. The minimum atomic E-state index is 0.876. The van der Waals surface area contributed by atoms with Crippen LogP contribution in [0.3, 0.4) is 0 Å². The van der Waals surface area contributed by atoms with Crippen molar-refractivity contribution in [1.82, 2.24) is 19.9 Å². The quantitative estimate of drug-likeness (QED) is 0.773. The average Bonchev–Trinajstić information content (AvgIpc) is 2.89. The first-order valence-electron chi connectivity index (χ1n) is 6.43. The second kappa shape index (κ2) is 5.20. The number of likely N-dealkylation sites (N-methyl/N-ethyl adjacent to an activating group) is 1. The number of hydrogen-bond donors (Lipinski definition) is 1. The van der Waals surface area contributed by atoms with E-state index in [0.29, 0.717) is 0 Å². The first kappa shape index (κ1) is 11.9. The Hall–Kier alpha value is -2.20. The monoisotopic (exact) mass is 252 g/mol. The van der Waals surface area contributed by atoms with Crippen LogP contribution in [0.25, 0.3) is 17.0 Å². The first-order valence-corrected chi connectivity index (χ1v) is 6.43. The van der Waals surface area contributed by atoms with Crippen LogP contribution in [0.5, 0.6) is 0 Å². The summed E-state index contributed by atoms with van der Waals surface area (Å²) in [6.07, 6.45) is 2.98. The molecule has 19 heavy (non-hydrogen) atoms. The lowest BCUT2D eigenvalue weighted by atomic mass is 10.0. The first-order chi connectivity index (χ1) is 9.40. The van der Waals surface area contributed by atoms with Crippen molar-refractivity contribution in [2.75, 3.05) is 13.6 Å². The Labute approximate surface area is 112 Å². The molecule has 2 heterocycles. The highest BCUT2D eigenvalue weighted by Gasteiger charge is 2.10. The van der Waals surface area contributed by atoms with E-state index in [-0.39, 0.29) is 0 Å². The Morgan fingerprint density at radius 3 is 2.79 bits per heavy atom. The van der Waals surface area contributed by atoms with Gasteiger partial charge in [0.2, 0.25) is 0 Å². The van der Waals surface area contributed by atoms with Gasteiger partial charge in [-0.05, 0) is 37.7 Å². The van der Waals surface area contributed by atoms with E-state index < -0.39 is 0 Å². The highest BCUT2D eigenvalue weighted by Crippen LogP contribution is 2.22. The Bertz CT molecular complexity index is 687. The van der Waals surface area contributed by atoms with Crippen LogP contribution >= 0.6 is 0 Å². The number of nitrogens with zero attached hydrogens (tertiary/aromatic N) is 3. The summed E-state index contributed by atoms with van der Waals surface area (Å²) in [7, 11) is 1.97. The molecule has 0 saturated carbocycles. The van der Waals surface area contributed by atoms with Crippen molar-refractivity contribution in [2.24, 2.45) is 0 Å². The summed E-state index contributed by atoms with van der Waals surface area (Å²) in [6, 6.07) is 14.3. The molecule has 4 nitrogen and oxygen atoms in total. The normalized spacial score (nSPS) is 11.0. The van der Waals surface area contributed by atoms with E-state index in [1.807, 2.05) is 41.9 Å². The number of hydrogen-bond acceptors (Lipinski definition) is 3. The van der Waals surface area contributed by atoms with E-state index in [9.17, 15) is 0 Å². The van der Waals surface area contributed by atoms with Gasteiger partial charge in [0.05, 0.1) is 0 Å². The summed E-state index contributed by atoms with van der Waals surface area (Å²) in [4.78, 5) is 0. The van der Waals surface area contributed by atoms with E-state index >= 15 is 0 Å². The van der Waals surface area contributed by atoms with E-state index in [1.165, 1.54) is 5.56 Å². The Morgan fingerprint density at radius 2 is 1.89 bits per heavy atom. The van der Waals surface area contributed by atoms with Gasteiger partial charge in [-0.3, -0.25) is 4.40 Å². The van der Waals surface area contributed by atoms with E-state index in [0.717, 1.165) is 30.0 Å². The van der Waals surface area contributed by atoms with Gasteiger partial charge in [0, 0.05) is 11.8 Å². The lowest BCUT2D eigenvalue weighted by molar-refractivity contribution is 0.792. The molecule has 0 spiro atoms. The Morgan fingerprint density at radius 1 is 1.05 bits per heavy atom. The minimum Gasteiger partial charge on any atom is -0.319 e. The topological polar surface area (TPSA) is 42.2 Å². The van der Waals surface area contributed by atoms with Crippen LogP contribution in [-0.2, 0) is 6.42 Å². The molecule has 0 atom stereocenters. The zero-order valence-corrected chi connectivity index (χ0v) is 10.9. The predicted molar refractivity (Wildman–Crippen MR) is 76.1 cm³/mol. The molecule has 0 radical (unpaired) electrons. The minimum absolute atomic E-state index is 0.876. The zero-order chi connectivity index (χ0) is 13.1. The average molecular weight is 252 g/mol. The number of fused-ring (bicyclic) bond motifs is 1. The molecule has 3 rings (SSSR count). The summed E-state index contributed by atoms with van der Waals surface area (Å²) in [5.74, 6) is 0.905. The molecule has 1 aromatic carbocycles. The highest BCUT2D eigenvalue weighted by atomic mass is 15.2. The number of aromatic nitrogens is 3. The van der Waals surface area contributed by atoms with Gasteiger partial charge >= 0.3 is 0 Å². The third-order valence-corrected chi connectivity index (χ3v) is 3.22. The molecule has 4 heteroatoms. The summed E-state index contributed by atoms with van der Waals surface area (Å²) in [5.41, 5.74) is 3.31. The van der Waals surface area contributed by atoms with E-state index in [2.05, 4.69) is 33.7 Å². The molecule has 0 fully saturated rings. The van der Waals surface area contributed by atoms with Crippen molar-refractivity contribution in [1.29, 1.82) is 0 Å². The number of nitrogens with one attached hydrogen (secondary N) is 1. The van der Waals surface area contributed by atoms with E-state index in [4.69, 9.17) is 0 Å². The third kappa shape index (κ3) is 2.22. The lowest BCUT2D eigenvalue weighted by Crippen LogP contribution is -2.11. The maximum Gasteiger partial charge on any atom is 0.168 e. The molecular weight excluding hydrogens is 236 g/mol. The maximum absolute atomic E-state index is 4.33. The summed E-state index contributed by atoms with van der Waals surface area (Å²) >= 11 is 0. The number of benzene rings is 1. The SMILES string of the molecule is CNCCc1ccccc1-c1nnc2ccccn12. The summed E-state index contributed by atoms with van der Waals surface area (Å²) in [6.45, 7) is 0.952. The maximum atomic E-state index is 4.33. The number of rotatable bonds is 4. The molecule has 96 valence electrons. The van der Waals surface area contributed by atoms with Gasteiger partial charge in [0.25, 0.3) is 0 Å². The van der Waals surface area contributed by atoms with Crippen molar-refractivity contribution >= 4 is 5.65 Å². The van der Waals surface area contributed by atoms with Gasteiger partial charge in [-0.15, -0.1) is 10.2 Å². The third-order valence-electron chi connectivity index (χ3n) is 3.22. The van der Waals surface area contributed by atoms with Crippen LogP contribution in [0.15, 0.2) is 48.7 Å². The van der Waals surface area contributed by atoms with Gasteiger partial charge in [-0.1, -0.05) is 30.3 Å². The predicted octanol–water partition coefficient (Wildman–Crippen LogP) is 2.16. The molecule has 0 amide bonds. The smallest absolute Gasteiger partial charge is 0.168 e. The molecule has 0 saturated heterocycles.